The molecule has 14 heavy (non-hydrogen) atoms. The molecule has 4 heteroatoms. The highest BCUT2D eigenvalue weighted by atomic mass is 16.1. The molecule has 0 fully saturated rings. The molecule has 0 radical (unpaired) electrons. The van der Waals surface area contributed by atoms with Gasteiger partial charge >= 0.3 is 0 Å². The lowest BCUT2D eigenvalue weighted by Crippen LogP contribution is -2.20. The van der Waals surface area contributed by atoms with Gasteiger partial charge < -0.3 is 9.80 Å². The fourth-order valence-corrected chi connectivity index (χ4v) is 0.932. The van der Waals surface area contributed by atoms with Crippen molar-refractivity contribution in [1.29, 1.82) is 0 Å². The van der Waals surface area contributed by atoms with Crippen LogP contribution in [0.25, 0.3) is 0 Å². The molecule has 1 aromatic rings. The summed E-state index contributed by atoms with van der Waals surface area (Å²) in [5.74, 6) is 0. The summed E-state index contributed by atoms with van der Waals surface area (Å²) in [4.78, 5) is 17.3. The highest BCUT2D eigenvalue weighted by Gasteiger charge is 2.04. The van der Waals surface area contributed by atoms with Gasteiger partial charge in [-0.15, -0.1) is 0 Å². The minimum atomic E-state index is 0.684. The molecular formula is C10H13N3O. The van der Waals surface area contributed by atoms with E-state index in [9.17, 15) is 4.79 Å². The third-order valence-electron chi connectivity index (χ3n) is 1.60. The van der Waals surface area contributed by atoms with Crippen molar-refractivity contribution in [2.45, 2.75) is 0 Å². The van der Waals surface area contributed by atoms with Gasteiger partial charge in [-0.1, -0.05) is 6.07 Å². The summed E-state index contributed by atoms with van der Waals surface area (Å²) in [5.41, 5.74) is 0. The van der Waals surface area contributed by atoms with Gasteiger partial charge in [-0.05, 0) is 12.1 Å². The molecule has 4 nitrogen and oxygen atoms in total. The number of carbonyl (C=O) groups excluding carboxylic acids is 1. The second kappa shape index (κ2) is 5.75. The number of amides is 1. The van der Waals surface area contributed by atoms with E-state index in [4.69, 9.17) is 0 Å². The number of carbonyl (C=O) groups is 1. The second-order valence-electron chi connectivity index (χ2n) is 2.84. The van der Waals surface area contributed by atoms with Crippen molar-refractivity contribution < 1.29 is 4.79 Å². The maximum Gasteiger partial charge on any atom is 0.215 e. The Bertz CT molecular complexity index is 260. The zero-order valence-corrected chi connectivity index (χ0v) is 8.08. The van der Waals surface area contributed by atoms with Gasteiger partial charge in [0.05, 0.1) is 6.67 Å². The SMILES string of the molecule is CN1C=CN(C=O)C1.c1ccncc1. The van der Waals surface area contributed by atoms with Crippen LogP contribution in [0.15, 0.2) is 43.0 Å². The molecule has 74 valence electrons. The van der Waals surface area contributed by atoms with Crippen molar-refractivity contribution in [3.05, 3.63) is 43.0 Å². The van der Waals surface area contributed by atoms with Gasteiger partial charge in [0.15, 0.2) is 0 Å². The number of hydrogen-bond acceptors (Lipinski definition) is 3. The van der Waals surface area contributed by atoms with Gasteiger partial charge in [0, 0.05) is 31.8 Å². The van der Waals surface area contributed by atoms with Gasteiger partial charge in [-0.3, -0.25) is 9.78 Å². The quantitative estimate of drug-likeness (QED) is 0.619. The molecule has 1 aliphatic heterocycles. The van der Waals surface area contributed by atoms with E-state index < -0.39 is 0 Å². The van der Waals surface area contributed by atoms with Gasteiger partial charge in [-0.2, -0.15) is 0 Å². The first-order valence-electron chi connectivity index (χ1n) is 4.27. The summed E-state index contributed by atoms with van der Waals surface area (Å²) >= 11 is 0. The summed E-state index contributed by atoms with van der Waals surface area (Å²) in [6, 6.07) is 5.72. The van der Waals surface area contributed by atoms with Crippen LogP contribution in [0.1, 0.15) is 0 Å². The Kier molecular flexibility index (Phi) is 4.20. The fraction of sp³-hybridized carbons (Fsp3) is 0.200. The monoisotopic (exact) mass is 191 g/mol. The molecule has 1 amide bonds. The van der Waals surface area contributed by atoms with Gasteiger partial charge in [0.1, 0.15) is 0 Å². The molecule has 0 bridgehead atoms. The maximum absolute atomic E-state index is 10.0. The van der Waals surface area contributed by atoms with E-state index >= 15 is 0 Å². The predicted octanol–water partition coefficient (Wildman–Crippen LogP) is 0.900. The average molecular weight is 191 g/mol. The van der Waals surface area contributed by atoms with Crippen LogP contribution in [0, 0.1) is 0 Å². The number of rotatable bonds is 1. The molecule has 2 heterocycles. The summed E-state index contributed by atoms with van der Waals surface area (Å²) in [6.07, 6.45) is 7.90. The lowest BCUT2D eigenvalue weighted by Gasteiger charge is -2.09. The Morgan fingerprint density at radius 1 is 1.21 bits per heavy atom. The average Bonchev–Trinajstić information content (AvgIpc) is 2.68. The minimum absolute atomic E-state index is 0.684. The first-order valence-corrected chi connectivity index (χ1v) is 4.27. The summed E-state index contributed by atoms with van der Waals surface area (Å²) in [6.45, 7) is 0.684. The molecular weight excluding hydrogens is 178 g/mol. The van der Waals surface area contributed by atoms with Gasteiger partial charge in [0.2, 0.25) is 6.41 Å². The van der Waals surface area contributed by atoms with Gasteiger partial charge in [-0.25, -0.2) is 0 Å². The molecule has 0 atom stereocenters. The lowest BCUT2D eigenvalue weighted by atomic mass is 10.5. The molecule has 1 aliphatic rings. The molecule has 0 aromatic carbocycles. The molecule has 2 rings (SSSR count). The van der Waals surface area contributed by atoms with Crippen molar-refractivity contribution in [3.8, 4) is 0 Å². The van der Waals surface area contributed by atoms with E-state index in [1.54, 1.807) is 23.5 Å². The lowest BCUT2D eigenvalue weighted by molar-refractivity contribution is -0.116. The molecule has 0 N–H and O–H groups in total. The standard InChI is InChI=1S/C5H8N2O.C5H5N/c1-6-2-3-7(4-6)5-8;1-2-4-6-5-3-1/h2-3,5H,4H2,1H3;1-5H. The van der Waals surface area contributed by atoms with Gasteiger partial charge in [0.25, 0.3) is 0 Å². The van der Waals surface area contributed by atoms with E-state index in [1.165, 1.54) is 0 Å². The van der Waals surface area contributed by atoms with Crippen molar-refractivity contribution in [2.75, 3.05) is 13.7 Å². The molecule has 0 unspecified atom stereocenters. The van der Waals surface area contributed by atoms with Crippen LogP contribution < -0.4 is 0 Å². The molecule has 0 saturated heterocycles. The van der Waals surface area contributed by atoms with E-state index in [1.807, 2.05) is 36.3 Å². The summed E-state index contributed by atoms with van der Waals surface area (Å²) < 4.78 is 0. The number of nitrogens with zero attached hydrogens (tertiary/aromatic N) is 3. The number of pyridine rings is 1. The topological polar surface area (TPSA) is 36.4 Å². The molecule has 0 saturated carbocycles. The van der Waals surface area contributed by atoms with Crippen LogP contribution in [0.3, 0.4) is 0 Å². The van der Waals surface area contributed by atoms with Crippen LogP contribution >= 0.6 is 0 Å². The van der Waals surface area contributed by atoms with Crippen molar-refractivity contribution in [1.82, 2.24) is 14.8 Å². The summed E-state index contributed by atoms with van der Waals surface area (Å²) in [7, 11) is 1.92. The molecule has 0 spiro atoms. The zero-order chi connectivity index (χ0) is 10.2. The molecule has 1 aromatic heterocycles. The highest BCUT2D eigenvalue weighted by molar-refractivity contribution is 5.49. The van der Waals surface area contributed by atoms with Crippen molar-refractivity contribution in [3.63, 3.8) is 0 Å². The Morgan fingerprint density at radius 2 is 1.93 bits per heavy atom. The largest absolute Gasteiger partial charge is 0.361 e. The Labute approximate surface area is 83.5 Å². The fourth-order valence-electron chi connectivity index (χ4n) is 0.932. The Morgan fingerprint density at radius 3 is 2.14 bits per heavy atom. The first-order chi connectivity index (χ1) is 6.83. The van der Waals surface area contributed by atoms with E-state index in [-0.39, 0.29) is 0 Å². The van der Waals surface area contributed by atoms with E-state index in [0.29, 0.717) is 6.67 Å². The normalized spacial score (nSPS) is 13.5. The van der Waals surface area contributed by atoms with Crippen molar-refractivity contribution in [2.24, 2.45) is 0 Å². The maximum atomic E-state index is 10.0. The van der Waals surface area contributed by atoms with Crippen LogP contribution in [0.4, 0.5) is 0 Å². The number of hydrogen-bond donors (Lipinski definition) is 0. The zero-order valence-electron chi connectivity index (χ0n) is 8.08. The van der Waals surface area contributed by atoms with Crippen molar-refractivity contribution >= 4 is 6.41 Å². The number of aromatic nitrogens is 1. The highest BCUT2D eigenvalue weighted by Crippen LogP contribution is 1.98. The summed E-state index contributed by atoms with van der Waals surface area (Å²) in [5, 5.41) is 0. The third-order valence-corrected chi connectivity index (χ3v) is 1.60. The van der Waals surface area contributed by atoms with Crippen LogP contribution in [0.2, 0.25) is 0 Å². The van der Waals surface area contributed by atoms with Crippen LogP contribution in [0.5, 0.6) is 0 Å². The smallest absolute Gasteiger partial charge is 0.215 e. The minimum Gasteiger partial charge on any atom is -0.361 e. The third kappa shape index (κ3) is 3.71. The van der Waals surface area contributed by atoms with Crippen LogP contribution in [-0.2, 0) is 4.79 Å². The van der Waals surface area contributed by atoms with E-state index in [0.717, 1.165) is 6.41 Å². The Hall–Kier alpha value is -1.84. The van der Waals surface area contributed by atoms with Crippen LogP contribution in [-0.4, -0.2) is 34.9 Å². The Balaban J connectivity index is 0.000000146. The first kappa shape index (κ1) is 10.2. The second-order valence-corrected chi connectivity index (χ2v) is 2.84. The van der Waals surface area contributed by atoms with E-state index in [2.05, 4.69) is 4.98 Å². The predicted molar refractivity (Wildman–Crippen MR) is 53.9 cm³/mol. The molecule has 0 aliphatic carbocycles.